The van der Waals surface area contributed by atoms with Gasteiger partial charge in [0, 0.05) is 24.3 Å². The molecule has 0 aliphatic carbocycles. The van der Waals surface area contributed by atoms with Crippen LogP contribution in [-0.2, 0) is 20.7 Å². The molecule has 1 atom stereocenters. The molecule has 2 amide bonds. The van der Waals surface area contributed by atoms with Gasteiger partial charge in [0.05, 0.1) is 6.42 Å². The number of nitrogens with one attached hydrogen (secondary N) is 1. The van der Waals surface area contributed by atoms with Gasteiger partial charge >= 0.3 is 5.97 Å². The summed E-state index contributed by atoms with van der Waals surface area (Å²) in [4.78, 5) is 38.7. The van der Waals surface area contributed by atoms with E-state index in [1.807, 2.05) is 43.3 Å². The van der Waals surface area contributed by atoms with Crippen LogP contribution in [0.1, 0.15) is 41.3 Å². The standard InChI is InChI=1S/C23H26N2O4/c1-16-7-5-9-19(15-16)22(27)24-13-12-21(26)29-17(2)23(28)25-14-6-10-18-8-3-4-11-20(18)25/h3-5,7-9,11,15,17H,6,10,12-14H2,1-2H3,(H,24,27)/t17-/m1/s1. The van der Waals surface area contributed by atoms with Gasteiger partial charge in [-0.1, -0.05) is 35.9 Å². The third-order valence-corrected chi connectivity index (χ3v) is 4.93. The van der Waals surface area contributed by atoms with Crippen molar-refractivity contribution in [2.45, 2.75) is 39.2 Å². The number of hydrogen-bond donors (Lipinski definition) is 1. The quantitative estimate of drug-likeness (QED) is 0.764. The number of fused-ring (bicyclic) bond motifs is 1. The normalized spacial score (nSPS) is 13.9. The number of rotatable bonds is 6. The van der Waals surface area contributed by atoms with Crippen LogP contribution in [0.25, 0.3) is 0 Å². The Morgan fingerprint density at radius 2 is 1.93 bits per heavy atom. The molecule has 0 bridgehead atoms. The average molecular weight is 394 g/mol. The summed E-state index contributed by atoms with van der Waals surface area (Å²) >= 11 is 0. The van der Waals surface area contributed by atoms with Crippen molar-refractivity contribution in [3.05, 3.63) is 65.2 Å². The van der Waals surface area contributed by atoms with Gasteiger partial charge in [-0.15, -0.1) is 0 Å². The first kappa shape index (κ1) is 20.6. The van der Waals surface area contributed by atoms with Crippen LogP contribution in [0.15, 0.2) is 48.5 Å². The van der Waals surface area contributed by atoms with Gasteiger partial charge in [0.15, 0.2) is 6.10 Å². The average Bonchev–Trinajstić information content (AvgIpc) is 2.72. The fourth-order valence-electron chi connectivity index (χ4n) is 3.45. The summed E-state index contributed by atoms with van der Waals surface area (Å²) in [5, 5.41) is 2.70. The molecule has 0 spiro atoms. The Bertz CT molecular complexity index is 909. The maximum Gasteiger partial charge on any atom is 0.308 e. The highest BCUT2D eigenvalue weighted by Gasteiger charge is 2.28. The van der Waals surface area contributed by atoms with E-state index < -0.39 is 12.1 Å². The van der Waals surface area contributed by atoms with Gasteiger partial charge in [-0.3, -0.25) is 14.4 Å². The van der Waals surface area contributed by atoms with Gasteiger partial charge in [0.1, 0.15) is 0 Å². The number of amides is 2. The monoisotopic (exact) mass is 394 g/mol. The minimum atomic E-state index is -0.874. The van der Waals surface area contributed by atoms with Crippen molar-refractivity contribution in [2.75, 3.05) is 18.0 Å². The van der Waals surface area contributed by atoms with Gasteiger partial charge in [-0.25, -0.2) is 0 Å². The summed E-state index contributed by atoms with van der Waals surface area (Å²) in [7, 11) is 0. The number of nitrogens with zero attached hydrogens (tertiary/aromatic N) is 1. The molecule has 1 N–H and O–H groups in total. The number of carbonyl (C=O) groups excluding carboxylic acids is 3. The predicted molar refractivity (Wildman–Crippen MR) is 111 cm³/mol. The Morgan fingerprint density at radius 3 is 2.72 bits per heavy atom. The topological polar surface area (TPSA) is 75.7 Å². The third kappa shape index (κ3) is 5.22. The number of aryl methyl sites for hydroxylation is 2. The molecule has 0 saturated heterocycles. The Kier molecular flexibility index (Phi) is 6.65. The Hall–Kier alpha value is -3.15. The Balaban J connectivity index is 1.48. The lowest BCUT2D eigenvalue weighted by molar-refractivity contribution is -0.153. The number of anilines is 1. The molecule has 152 valence electrons. The third-order valence-electron chi connectivity index (χ3n) is 4.93. The minimum Gasteiger partial charge on any atom is -0.452 e. The van der Waals surface area contributed by atoms with E-state index in [2.05, 4.69) is 5.32 Å². The smallest absolute Gasteiger partial charge is 0.308 e. The van der Waals surface area contributed by atoms with Crippen LogP contribution in [0.3, 0.4) is 0 Å². The summed E-state index contributed by atoms with van der Waals surface area (Å²) in [6.07, 6.45) is 0.954. The van der Waals surface area contributed by atoms with E-state index in [4.69, 9.17) is 4.74 Å². The molecule has 0 fully saturated rings. The van der Waals surface area contributed by atoms with Crippen LogP contribution < -0.4 is 10.2 Å². The van der Waals surface area contributed by atoms with Gasteiger partial charge in [-0.05, 0) is 50.5 Å². The van der Waals surface area contributed by atoms with E-state index in [0.29, 0.717) is 12.1 Å². The molecule has 2 aromatic rings. The summed E-state index contributed by atoms with van der Waals surface area (Å²) in [5.74, 6) is -0.981. The molecule has 1 heterocycles. The molecule has 1 aliphatic rings. The summed E-state index contributed by atoms with van der Waals surface area (Å²) in [6.45, 7) is 4.26. The molecule has 6 heteroatoms. The molecule has 2 aromatic carbocycles. The molecular weight excluding hydrogens is 368 g/mol. The number of benzene rings is 2. The van der Waals surface area contributed by atoms with Gasteiger partial charge < -0.3 is 15.0 Å². The predicted octanol–water partition coefficient (Wildman–Crippen LogP) is 3.03. The molecule has 0 aromatic heterocycles. The minimum absolute atomic E-state index is 0.00572. The summed E-state index contributed by atoms with van der Waals surface area (Å²) < 4.78 is 5.31. The number of hydrogen-bond acceptors (Lipinski definition) is 4. The maximum absolute atomic E-state index is 12.8. The largest absolute Gasteiger partial charge is 0.452 e. The van der Waals surface area contributed by atoms with Crippen molar-refractivity contribution in [2.24, 2.45) is 0 Å². The van der Waals surface area contributed by atoms with E-state index >= 15 is 0 Å². The van der Waals surface area contributed by atoms with Crippen LogP contribution in [0.2, 0.25) is 0 Å². The van der Waals surface area contributed by atoms with Crippen molar-refractivity contribution in [3.63, 3.8) is 0 Å². The van der Waals surface area contributed by atoms with Crippen molar-refractivity contribution in [3.8, 4) is 0 Å². The molecule has 0 saturated carbocycles. The first-order valence-electron chi connectivity index (χ1n) is 9.89. The zero-order chi connectivity index (χ0) is 20.8. The number of carbonyl (C=O) groups is 3. The lowest BCUT2D eigenvalue weighted by Crippen LogP contribution is -2.43. The van der Waals surface area contributed by atoms with Gasteiger partial charge in [0.2, 0.25) is 0 Å². The van der Waals surface area contributed by atoms with E-state index in [1.54, 1.807) is 24.0 Å². The highest BCUT2D eigenvalue weighted by Crippen LogP contribution is 2.27. The fraction of sp³-hybridized carbons (Fsp3) is 0.348. The molecule has 0 radical (unpaired) electrons. The lowest BCUT2D eigenvalue weighted by atomic mass is 10.0. The van der Waals surface area contributed by atoms with Crippen molar-refractivity contribution >= 4 is 23.5 Å². The zero-order valence-electron chi connectivity index (χ0n) is 16.8. The van der Waals surface area contributed by atoms with E-state index in [-0.39, 0.29) is 24.8 Å². The van der Waals surface area contributed by atoms with Crippen molar-refractivity contribution < 1.29 is 19.1 Å². The van der Waals surface area contributed by atoms with Crippen molar-refractivity contribution in [1.82, 2.24) is 5.32 Å². The molecule has 1 aliphatic heterocycles. The fourth-order valence-corrected chi connectivity index (χ4v) is 3.45. The van der Waals surface area contributed by atoms with Gasteiger partial charge in [-0.2, -0.15) is 0 Å². The maximum atomic E-state index is 12.8. The van der Waals surface area contributed by atoms with Crippen LogP contribution in [0.4, 0.5) is 5.69 Å². The number of para-hydroxylation sites is 1. The molecule has 6 nitrogen and oxygen atoms in total. The van der Waals surface area contributed by atoms with E-state index in [1.165, 1.54) is 0 Å². The second-order valence-electron chi connectivity index (χ2n) is 7.23. The van der Waals surface area contributed by atoms with Gasteiger partial charge in [0.25, 0.3) is 11.8 Å². The summed E-state index contributed by atoms with van der Waals surface area (Å²) in [6, 6.07) is 15.0. The first-order valence-corrected chi connectivity index (χ1v) is 9.89. The lowest BCUT2D eigenvalue weighted by Gasteiger charge is -2.31. The highest BCUT2D eigenvalue weighted by atomic mass is 16.5. The van der Waals surface area contributed by atoms with E-state index in [0.717, 1.165) is 29.7 Å². The van der Waals surface area contributed by atoms with Crippen molar-refractivity contribution in [1.29, 1.82) is 0 Å². The van der Waals surface area contributed by atoms with Crippen LogP contribution in [0.5, 0.6) is 0 Å². The van der Waals surface area contributed by atoms with E-state index in [9.17, 15) is 14.4 Å². The molecular formula is C23H26N2O4. The summed E-state index contributed by atoms with van der Waals surface area (Å²) in [5.41, 5.74) is 3.55. The molecule has 3 rings (SSSR count). The Labute approximate surface area is 170 Å². The zero-order valence-corrected chi connectivity index (χ0v) is 16.8. The first-order chi connectivity index (χ1) is 14.0. The SMILES string of the molecule is Cc1cccc(C(=O)NCCC(=O)O[C@H](C)C(=O)N2CCCc3ccccc32)c1. The number of ether oxygens (including phenoxy) is 1. The Morgan fingerprint density at radius 1 is 1.14 bits per heavy atom. The molecule has 0 unspecified atom stereocenters. The van der Waals surface area contributed by atoms with Crippen LogP contribution >= 0.6 is 0 Å². The highest BCUT2D eigenvalue weighted by molar-refractivity contribution is 5.98. The van der Waals surface area contributed by atoms with Crippen LogP contribution in [-0.4, -0.2) is 37.0 Å². The second-order valence-corrected chi connectivity index (χ2v) is 7.23. The molecule has 29 heavy (non-hydrogen) atoms. The second kappa shape index (κ2) is 9.37. The number of esters is 1. The van der Waals surface area contributed by atoms with Crippen LogP contribution in [0, 0.1) is 6.92 Å².